The zero-order valence-corrected chi connectivity index (χ0v) is 10.8. The van der Waals surface area contributed by atoms with Crippen molar-refractivity contribution in [1.29, 1.82) is 0 Å². The number of benzene rings is 2. The number of carbonyl (C=O) groups excluding carboxylic acids is 1. The molecule has 98 valence electrons. The third kappa shape index (κ3) is 3.03. The van der Waals surface area contributed by atoms with Crippen molar-refractivity contribution >= 4 is 17.6 Å². The zero-order chi connectivity index (χ0) is 13.8. The van der Waals surface area contributed by atoms with E-state index < -0.39 is 11.8 Å². The van der Waals surface area contributed by atoms with E-state index in [2.05, 4.69) is 0 Å². The summed E-state index contributed by atoms with van der Waals surface area (Å²) < 4.78 is 23.6. The van der Waals surface area contributed by atoms with Gasteiger partial charge in [0.1, 0.15) is 11.5 Å². The number of carbonyl (C=O) groups is 1. The highest BCUT2D eigenvalue weighted by Gasteiger charge is 2.16. The Balaban J connectivity index is 2.18. The molecule has 2 aromatic rings. The minimum Gasteiger partial charge on any atom is -0.497 e. The molecule has 0 spiro atoms. The fourth-order valence-corrected chi connectivity index (χ4v) is 1.64. The molecule has 0 heterocycles. The van der Waals surface area contributed by atoms with Crippen molar-refractivity contribution in [1.82, 2.24) is 0 Å². The van der Waals surface area contributed by atoms with Crippen molar-refractivity contribution in [3.63, 3.8) is 0 Å². The van der Waals surface area contributed by atoms with E-state index in [-0.39, 0.29) is 10.6 Å². The molecular formula is C14H10ClFO3. The molecule has 0 radical (unpaired) electrons. The van der Waals surface area contributed by atoms with Crippen molar-refractivity contribution in [3.8, 4) is 11.5 Å². The topological polar surface area (TPSA) is 35.5 Å². The maximum Gasteiger partial charge on any atom is 0.346 e. The molecule has 0 bridgehead atoms. The van der Waals surface area contributed by atoms with Crippen LogP contribution in [0, 0.1) is 5.82 Å². The normalized spacial score (nSPS) is 10.1. The molecule has 0 saturated heterocycles. The van der Waals surface area contributed by atoms with Gasteiger partial charge in [0.15, 0.2) is 5.82 Å². The summed E-state index contributed by atoms with van der Waals surface area (Å²) in [5.74, 6) is -0.660. The Morgan fingerprint density at radius 2 is 1.74 bits per heavy atom. The molecule has 19 heavy (non-hydrogen) atoms. The highest BCUT2D eigenvalue weighted by molar-refractivity contribution is 6.31. The first-order chi connectivity index (χ1) is 9.11. The maximum atomic E-state index is 13.6. The number of esters is 1. The summed E-state index contributed by atoms with van der Waals surface area (Å²) in [6, 6.07) is 10.5. The van der Waals surface area contributed by atoms with E-state index in [0.29, 0.717) is 11.5 Å². The van der Waals surface area contributed by atoms with Crippen LogP contribution in [0.4, 0.5) is 4.39 Å². The minimum atomic E-state index is -0.801. The Labute approximate surface area is 114 Å². The quantitative estimate of drug-likeness (QED) is 0.635. The zero-order valence-electron chi connectivity index (χ0n) is 10.0. The lowest BCUT2D eigenvalue weighted by Gasteiger charge is -2.06. The van der Waals surface area contributed by atoms with Crippen molar-refractivity contribution in [3.05, 3.63) is 58.9 Å². The van der Waals surface area contributed by atoms with Gasteiger partial charge in [-0.05, 0) is 36.4 Å². The third-order valence-electron chi connectivity index (χ3n) is 2.44. The molecule has 0 aliphatic heterocycles. The van der Waals surface area contributed by atoms with Gasteiger partial charge in [0, 0.05) is 0 Å². The predicted molar refractivity (Wildman–Crippen MR) is 69.4 cm³/mol. The van der Waals surface area contributed by atoms with Crippen LogP contribution in [0.15, 0.2) is 42.5 Å². The first-order valence-corrected chi connectivity index (χ1v) is 5.80. The summed E-state index contributed by atoms with van der Waals surface area (Å²) in [5.41, 5.74) is -0.205. The van der Waals surface area contributed by atoms with Crippen LogP contribution in [0.3, 0.4) is 0 Å². The number of ether oxygens (including phenoxy) is 2. The van der Waals surface area contributed by atoms with E-state index in [9.17, 15) is 9.18 Å². The van der Waals surface area contributed by atoms with E-state index in [4.69, 9.17) is 21.1 Å². The van der Waals surface area contributed by atoms with Crippen LogP contribution < -0.4 is 9.47 Å². The van der Waals surface area contributed by atoms with Crippen molar-refractivity contribution in [2.24, 2.45) is 0 Å². The van der Waals surface area contributed by atoms with Gasteiger partial charge in [-0.2, -0.15) is 0 Å². The molecule has 0 aliphatic carbocycles. The van der Waals surface area contributed by atoms with Crippen molar-refractivity contribution in [2.75, 3.05) is 7.11 Å². The van der Waals surface area contributed by atoms with E-state index in [0.717, 1.165) is 0 Å². The Kier molecular flexibility index (Phi) is 4.02. The second-order valence-electron chi connectivity index (χ2n) is 3.67. The molecular weight excluding hydrogens is 271 g/mol. The van der Waals surface area contributed by atoms with Gasteiger partial charge in [0.05, 0.1) is 17.7 Å². The summed E-state index contributed by atoms with van der Waals surface area (Å²) in [6.07, 6.45) is 0. The standard InChI is InChI=1S/C14H10ClFO3/c1-18-9-5-7-10(8-6-9)19-14(17)11-3-2-4-12(15)13(11)16/h2-8H,1H3. The lowest BCUT2D eigenvalue weighted by Crippen LogP contribution is -2.10. The molecule has 2 rings (SSSR count). The SMILES string of the molecule is COc1ccc(OC(=O)c2cccc(Cl)c2F)cc1. The molecule has 0 fully saturated rings. The van der Waals surface area contributed by atoms with Crippen LogP contribution in [-0.4, -0.2) is 13.1 Å². The molecule has 0 aromatic heterocycles. The van der Waals surface area contributed by atoms with Crippen LogP contribution in [0.2, 0.25) is 5.02 Å². The lowest BCUT2D eigenvalue weighted by atomic mass is 10.2. The first kappa shape index (κ1) is 13.4. The van der Waals surface area contributed by atoms with Gasteiger partial charge in [-0.25, -0.2) is 9.18 Å². The van der Waals surface area contributed by atoms with Crippen LogP contribution in [0.1, 0.15) is 10.4 Å². The second kappa shape index (κ2) is 5.71. The number of methoxy groups -OCH3 is 1. The molecule has 2 aromatic carbocycles. The van der Waals surface area contributed by atoms with Crippen LogP contribution in [0.25, 0.3) is 0 Å². The Morgan fingerprint density at radius 3 is 2.37 bits per heavy atom. The number of hydrogen-bond donors (Lipinski definition) is 0. The van der Waals surface area contributed by atoms with Crippen LogP contribution in [-0.2, 0) is 0 Å². The summed E-state index contributed by atoms with van der Waals surface area (Å²) in [5, 5.41) is -0.121. The Bertz CT molecular complexity index is 596. The van der Waals surface area contributed by atoms with Gasteiger partial charge in [0.2, 0.25) is 0 Å². The van der Waals surface area contributed by atoms with Gasteiger partial charge >= 0.3 is 5.97 Å². The average Bonchev–Trinajstić information content (AvgIpc) is 2.42. The van der Waals surface area contributed by atoms with Gasteiger partial charge in [0.25, 0.3) is 0 Å². The smallest absolute Gasteiger partial charge is 0.346 e. The molecule has 3 nitrogen and oxygen atoms in total. The number of rotatable bonds is 3. The molecule has 0 saturated carbocycles. The highest BCUT2D eigenvalue weighted by atomic mass is 35.5. The van der Waals surface area contributed by atoms with Gasteiger partial charge in [-0.1, -0.05) is 17.7 Å². The number of hydrogen-bond acceptors (Lipinski definition) is 3. The minimum absolute atomic E-state index is 0.121. The van der Waals surface area contributed by atoms with E-state index in [1.807, 2.05) is 0 Å². The third-order valence-corrected chi connectivity index (χ3v) is 2.73. The Hall–Kier alpha value is -2.07. The summed E-state index contributed by atoms with van der Waals surface area (Å²) in [4.78, 5) is 11.8. The monoisotopic (exact) mass is 280 g/mol. The summed E-state index contributed by atoms with van der Waals surface area (Å²) in [6.45, 7) is 0. The average molecular weight is 281 g/mol. The van der Waals surface area contributed by atoms with E-state index >= 15 is 0 Å². The highest BCUT2D eigenvalue weighted by Crippen LogP contribution is 2.21. The molecule has 5 heteroatoms. The summed E-state index contributed by atoms with van der Waals surface area (Å²) >= 11 is 5.60. The Morgan fingerprint density at radius 1 is 1.11 bits per heavy atom. The largest absolute Gasteiger partial charge is 0.497 e. The fourth-order valence-electron chi connectivity index (χ4n) is 1.47. The summed E-state index contributed by atoms with van der Waals surface area (Å²) in [7, 11) is 1.53. The lowest BCUT2D eigenvalue weighted by molar-refractivity contribution is 0.0730. The molecule has 0 atom stereocenters. The van der Waals surface area contributed by atoms with Gasteiger partial charge in [-0.3, -0.25) is 0 Å². The fraction of sp³-hybridized carbons (Fsp3) is 0.0714. The molecule has 0 unspecified atom stereocenters. The van der Waals surface area contributed by atoms with Gasteiger partial charge < -0.3 is 9.47 Å². The predicted octanol–water partition coefficient (Wildman–Crippen LogP) is 3.71. The maximum absolute atomic E-state index is 13.6. The number of halogens is 2. The van der Waals surface area contributed by atoms with E-state index in [1.165, 1.54) is 25.3 Å². The van der Waals surface area contributed by atoms with Gasteiger partial charge in [-0.15, -0.1) is 0 Å². The molecule has 0 N–H and O–H groups in total. The molecule has 0 aliphatic rings. The van der Waals surface area contributed by atoms with E-state index in [1.54, 1.807) is 24.3 Å². The first-order valence-electron chi connectivity index (χ1n) is 5.42. The van der Waals surface area contributed by atoms with Crippen molar-refractivity contribution < 1.29 is 18.7 Å². The second-order valence-corrected chi connectivity index (χ2v) is 4.07. The van der Waals surface area contributed by atoms with Crippen LogP contribution >= 0.6 is 11.6 Å². The van der Waals surface area contributed by atoms with Crippen molar-refractivity contribution in [2.45, 2.75) is 0 Å². The van der Waals surface area contributed by atoms with Crippen LogP contribution in [0.5, 0.6) is 11.5 Å². The molecule has 0 amide bonds.